The van der Waals surface area contributed by atoms with Gasteiger partial charge in [-0.25, -0.2) is 4.68 Å². The van der Waals surface area contributed by atoms with Crippen LogP contribution in [0.2, 0.25) is 0 Å². The molecule has 1 saturated heterocycles. The highest BCUT2D eigenvalue weighted by molar-refractivity contribution is 5.88. The van der Waals surface area contributed by atoms with Gasteiger partial charge in [0.2, 0.25) is 11.8 Å². The monoisotopic (exact) mass is 424 g/mol. The van der Waals surface area contributed by atoms with E-state index in [4.69, 9.17) is 0 Å². The minimum Gasteiger partial charge on any atom is -0.339 e. The summed E-state index contributed by atoms with van der Waals surface area (Å²) in [6.45, 7) is 2.29. The third-order valence-electron chi connectivity index (χ3n) is 6.83. The molecule has 0 N–H and O–H groups in total. The van der Waals surface area contributed by atoms with Gasteiger partial charge in [0.1, 0.15) is 0 Å². The van der Waals surface area contributed by atoms with Gasteiger partial charge < -0.3 is 9.80 Å². The Morgan fingerprint density at radius 1 is 0.935 bits per heavy atom. The van der Waals surface area contributed by atoms with Gasteiger partial charge in [0.05, 0.1) is 17.5 Å². The largest absolute Gasteiger partial charge is 0.339 e. The summed E-state index contributed by atoms with van der Waals surface area (Å²) in [5.74, 6) is 0.929. The quantitative estimate of drug-likeness (QED) is 0.739. The standard InChI is InChI=1S/C24H32N4O3/c1-26-24(31)20-10-6-5-9-19(20)21(25-26)17-23(30)28-15-13-27(14-16-28)22(29)12-11-18-7-3-2-4-8-18/h5-6,9-10,18H,2-4,7-8,11-17H2,1H3. The molecule has 1 aliphatic carbocycles. The highest BCUT2D eigenvalue weighted by Gasteiger charge is 2.25. The Bertz CT molecular complexity index is 1000. The van der Waals surface area contributed by atoms with Crippen molar-refractivity contribution in [2.24, 2.45) is 13.0 Å². The number of aryl methyl sites for hydroxylation is 1. The van der Waals surface area contributed by atoms with Crippen LogP contribution >= 0.6 is 0 Å². The predicted molar refractivity (Wildman–Crippen MR) is 120 cm³/mol. The van der Waals surface area contributed by atoms with Gasteiger partial charge in [-0.2, -0.15) is 5.10 Å². The first-order chi connectivity index (χ1) is 15.0. The summed E-state index contributed by atoms with van der Waals surface area (Å²) in [6, 6.07) is 7.29. The van der Waals surface area contributed by atoms with Gasteiger partial charge in [-0.15, -0.1) is 0 Å². The topological polar surface area (TPSA) is 75.5 Å². The van der Waals surface area contributed by atoms with E-state index in [1.165, 1.54) is 36.8 Å². The Morgan fingerprint density at radius 2 is 1.55 bits per heavy atom. The maximum absolute atomic E-state index is 12.9. The van der Waals surface area contributed by atoms with Gasteiger partial charge >= 0.3 is 0 Å². The molecule has 166 valence electrons. The fourth-order valence-electron chi connectivity index (χ4n) is 4.93. The smallest absolute Gasteiger partial charge is 0.274 e. The summed E-state index contributed by atoms with van der Waals surface area (Å²) in [5, 5.41) is 5.65. The number of benzene rings is 1. The maximum atomic E-state index is 12.9. The third-order valence-corrected chi connectivity index (χ3v) is 6.83. The van der Waals surface area contributed by atoms with Crippen molar-refractivity contribution in [1.82, 2.24) is 19.6 Å². The number of hydrogen-bond acceptors (Lipinski definition) is 4. The lowest BCUT2D eigenvalue weighted by Gasteiger charge is -2.35. The van der Waals surface area contributed by atoms with E-state index in [1.807, 2.05) is 28.0 Å². The van der Waals surface area contributed by atoms with E-state index in [-0.39, 0.29) is 23.8 Å². The van der Waals surface area contributed by atoms with Crippen LogP contribution in [0.3, 0.4) is 0 Å². The van der Waals surface area contributed by atoms with E-state index < -0.39 is 0 Å². The van der Waals surface area contributed by atoms with Crippen molar-refractivity contribution in [3.8, 4) is 0 Å². The first-order valence-electron chi connectivity index (χ1n) is 11.5. The van der Waals surface area contributed by atoms with Crippen LogP contribution in [0, 0.1) is 5.92 Å². The molecule has 0 spiro atoms. The molecule has 2 heterocycles. The highest BCUT2D eigenvalue weighted by atomic mass is 16.2. The Labute approximate surface area is 183 Å². The molecule has 2 aliphatic rings. The van der Waals surface area contributed by atoms with Crippen molar-refractivity contribution in [2.75, 3.05) is 26.2 Å². The van der Waals surface area contributed by atoms with Crippen LogP contribution in [0.15, 0.2) is 29.1 Å². The molecule has 2 aromatic rings. The first-order valence-corrected chi connectivity index (χ1v) is 11.5. The minimum atomic E-state index is -0.160. The molecule has 0 atom stereocenters. The number of carbonyl (C=O) groups is 2. The second-order valence-electron chi connectivity index (χ2n) is 8.90. The average molecular weight is 425 g/mol. The number of aromatic nitrogens is 2. The van der Waals surface area contributed by atoms with E-state index in [0.29, 0.717) is 49.6 Å². The molecule has 0 radical (unpaired) electrons. The predicted octanol–water partition coefficient (Wildman–Crippen LogP) is 2.51. The lowest BCUT2D eigenvalue weighted by Crippen LogP contribution is -2.51. The molecule has 0 bridgehead atoms. The Hall–Kier alpha value is -2.70. The van der Waals surface area contributed by atoms with Crippen molar-refractivity contribution in [2.45, 2.75) is 51.4 Å². The van der Waals surface area contributed by atoms with Gasteiger partial charge in [0, 0.05) is 45.0 Å². The van der Waals surface area contributed by atoms with Crippen molar-refractivity contribution in [1.29, 1.82) is 0 Å². The van der Waals surface area contributed by atoms with Gasteiger partial charge in [0.25, 0.3) is 5.56 Å². The molecule has 0 unspecified atom stereocenters. The molecule has 1 aliphatic heterocycles. The fraction of sp³-hybridized carbons (Fsp3) is 0.583. The zero-order chi connectivity index (χ0) is 21.8. The average Bonchev–Trinajstić information content (AvgIpc) is 2.81. The van der Waals surface area contributed by atoms with Crippen molar-refractivity contribution in [3.63, 3.8) is 0 Å². The molecule has 1 aromatic heterocycles. The summed E-state index contributed by atoms with van der Waals surface area (Å²) < 4.78 is 1.30. The minimum absolute atomic E-state index is 0.00870. The van der Waals surface area contributed by atoms with E-state index in [1.54, 1.807) is 13.1 Å². The number of nitrogens with zero attached hydrogens (tertiary/aromatic N) is 4. The Balaban J connectivity index is 1.32. The van der Waals surface area contributed by atoms with Crippen LogP contribution in [0.25, 0.3) is 10.8 Å². The molecule has 2 amide bonds. The molecular weight excluding hydrogens is 392 g/mol. The van der Waals surface area contributed by atoms with Crippen molar-refractivity contribution < 1.29 is 9.59 Å². The van der Waals surface area contributed by atoms with E-state index in [2.05, 4.69) is 5.10 Å². The number of amides is 2. The molecule has 1 aromatic carbocycles. The number of fused-ring (bicyclic) bond motifs is 1. The molecule has 7 nitrogen and oxygen atoms in total. The fourth-order valence-corrected chi connectivity index (χ4v) is 4.93. The van der Waals surface area contributed by atoms with Crippen molar-refractivity contribution in [3.05, 3.63) is 40.3 Å². The van der Waals surface area contributed by atoms with Crippen LogP contribution < -0.4 is 5.56 Å². The lowest BCUT2D eigenvalue weighted by atomic mass is 9.86. The molecule has 31 heavy (non-hydrogen) atoms. The van der Waals surface area contributed by atoms with Crippen LogP contribution in [0.5, 0.6) is 0 Å². The first kappa shape index (κ1) is 21.5. The lowest BCUT2D eigenvalue weighted by molar-refractivity contribution is -0.139. The van der Waals surface area contributed by atoms with Crippen molar-refractivity contribution >= 4 is 22.6 Å². The Kier molecular flexibility index (Phi) is 6.68. The number of rotatable bonds is 5. The molecule has 1 saturated carbocycles. The van der Waals surface area contributed by atoms with E-state index >= 15 is 0 Å². The maximum Gasteiger partial charge on any atom is 0.274 e. The zero-order valence-corrected chi connectivity index (χ0v) is 18.4. The summed E-state index contributed by atoms with van der Waals surface area (Å²) in [7, 11) is 1.61. The highest BCUT2D eigenvalue weighted by Crippen LogP contribution is 2.27. The van der Waals surface area contributed by atoms with Gasteiger partial charge in [0.15, 0.2) is 0 Å². The van der Waals surface area contributed by atoms with Crippen LogP contribution in [-0.4, -0.2) is 57.6 Å². The summed E-state index contributed by atoms with van der Waals surface area (Å²) >= 11 is 0. The summed E-state index contributed by atoms with van der Waals surface area (Å²) in [5.41, 5.74) is 0.459. The summed E-state index contributed by atoms with van der Waals surface area (Å²) in [4.78, 5) is 41.5. The molecule has 7 heteroatoms. The molecule has 2 fully saturated rings. The van der Waals surface area contributed by atoms with Crippen LogP contribution in [0.1, 0.15) is 50.6 Å². The SMILES string of the molecule is Cn1nc(CC(=O)N2CCN(C(=O)CCC3CCCCC3)CC2)c2ccccc2c1=O. The van der Waals surface area contributed by atoms with E-state index in [9.17, 15) is 14.4 Å². The van der Waals surface area contributed by atoms with Crippen LogP contribution in [0.4, 0.5) is 0 Å². The number of carbonyl (C=O) groups excluding carboxylic acids is 2. The Morgan fingerprint density at radius 3 is 2.23 bits per heavy atom. The van der Waals surface area contributed by atoms with E-state index in [0.717, 1.165) is 11.8 Å². The molecule has 4 rings (SSSR count). The second-order valence-corrected chi connectivity index (χ2v) is 8.90. The zero-order valence-electron chi connectivity index (χ0n) is 18.4. The number of piperazine rings is 1. The van der Waals surface area contributed by atoms with Crippen LogP contribution in [-0.2, 0) is 23.1 Å². The number of hydrogen-bond donors (Lipinski definition) is 0. The van der Waals surface area contributed by atoms with Gasteiger partial charge in [-0.1, -0.05) is 50.3 Å². The van der Waals surface area contributed by atoms with Gasteiger partial charge in [-0.05, 0) is 18.4 Å². The second kappa shape index (κ2) is 9.62. The van der Waals surface area contributed by atoms with Gasteiger partial charge in [-0.3, -0.25) is 14.4 Å². The third kappa shape index (κ3) is 4.97. The molecular formula is C24H32N4O3. The summed E-state index contributed by atoms with van der Waals surface area (Å²) in [6.07, 6.45) is 8.27. The normalized spacial score (nSPS) is 17.8.